The summed E-state index contributed by atoms with van der Waals surface area (Å²) >= 11 is 0. The van der Waals surface area contributed by atoms with Crippen LogP contribution in [0, 0.1) is 11.8 Å². The maximum atomic E-state index is 13.4. The van der Waals surface area contributed by atoms with E-state index in [1.54, 1.807) is 37.3 Å². The number of alkyl halides is 3. The maximum absolute atomic E-state index is 13.4. The first-order chi connectivity index (χ1) is 19.2. The zero-order valence-corrected chi connectivity index (χ0v) is 23.1. The second-order valence-electron chi connectivity index (χ2n) is 9.71. The number of alkyl carbamates (subject to hydrolysis) is 1. The average Bonchev–Trinajstić information content (AvgIpc) is 3.73. The number of nitrogens with one attached hydrogen (secondary N) is 1. The van der Waals surface area contributed by atoms with Crippen molar-refractivity contribution in [2.45, 2.75) is 57.8 Å². The van der Waals surface area contributed by atoms with Gasteiger partial charge in [0.25, 0.3) is 5.88 Å². The van der Waals surface area contributed by atoms with Crippen LogP contribution in [0.2, 0.25) is 0 Å². The van der Waals surface area contributed by atoms with E-state index in [9.17, 15) is 36.0 Å². The molecule has 15 heteroatoms. The van der Waals surface area contributed by atoms with Crippen LogP contribution in [0.5, 0.6) is 5.88 Å². The van der Waals surface area contributed by atoms with Crippen LogP contribution >= 0.6 is 0 Å². The highest BCUT2D eigenvalue weighted by Gasteiger charge is 2.53. The van der Waals surface area contributed by atoms with Gasteiger partial charge in [-0.2, -0.15) is 21.6 Å². The van der Waals surface area contributed by atoms with Gasteiger partial charge in [0, 0.05) is 24.4 Å². The minimum atomic E-state index is -6.27. The summed E-state index contributed by atoms with van der Waals surface area (Å²) in [5.74, 6) is -3.49. The van der Waals surface area contributed by atoms with Crippen molar-refractivity contribution < 1.29 is 49.6 Å². The lowest BCUT2D eigenvalue weighted by Crippen LogP contribution is -2.53. The van der Waals surface area contributed by atoms with Gasteiger partial charge in [-0.15, -0.1) is 0 Å². The fraction of sp³-hybridized carbons (Fsp3) is 0.462. The Morgan fingerprint density at radius 3 is 2.34 bits per heavy atom. The Morgan fingerprint density at radius 1 is 1.12 bits per heavy atom. The number of rotatable bonds is 8. The smallest absolute Gasteiger partial charge is 0.461 e. The number of carbonyl (C=O) groups excluding carboxylic acids is 3. The lowest BCUT2D eigenvalue weighted by atomic mass is 9.80. The van der Waals surface area contributed by atoms with Gasteiger partial charge in [0.05, 0.1) is 12.6 Å². The molecule has 0 saturated heterocycles. The van der Waals surface area contributed by atoms with E-state index in [2.05, 4.69) is 14.5 Å². The van der Waals surface area contributed by atoms with Crippen LogP contribution in [-0.2, 0) is 31.0 Å². The lowest BCUT2D eigenvalue weighted by molar-refractivity contribution is -0.117. The summed E-state index contributed by atoms with van der Waals surface area (Å²) in [5.41, 5.74) is -6.18. The van der Waals surface area contributed by atoms with E-state index >= 15 is 0 Å². The van der Waals surface area contributed by atoms with Crippen LogP contribution < -0.4 is 14.4 Å². The second-order valence-corrected chi connectivity index (χ2v) is 11.3. The van der Waals surface area contributed by atoms with Crippen LogP contribution in [0.25, 0.3) is 0 Å². The van der Waals surface area contributed by atoms with E-state index in [-0.39, 0.29) is 24.7 Å². The van der Waals surface area contributed by atoms with Crippen LogP contribution in [0.15, 0.2) is 36.4 Å². The van der Waals surface area contributed by atoms with Crippen molar-refractivity contribution >= 4 is 33.8 Å². The zero-order chi connectivity index (χ0) is 30.1. The largest absolute Gasteiger partial charge is 0.534 e. The summed E-state index contributed by atoms with van der Waals surface area (Å²) in [6.45, 7) is 4.15. The van der Waals surface area contributed by atoms with Gasteiger partial charge in [-0.05, 0) is 37.3 Å². The number of amides is 2. The number of ether oxygens (including phenoxy) is 2. The zero-order valence-electron chi connectivity index (χ0n) is 22.3. The van der Waals surface area contributed by atoms with E-state index in [4.69, 9.17) is 9.47 Å². The van der Waals surface area contributed by atoms with Crippen LogP contribution in [0.3, 0.4) is 0 Å². The van der Waals surface area contributed by atoms with Gasteiger partial charge in [0.2, 0.25) is 5.91 Å². The quantitative estimate of drug-likeness (QED) is 0.268. The summed E-state index contributed by atoms with van der Waals surface area (Å²) in [6.07, 6.45) is 0.484. The predicted molar refractivity (Wildman–Crippen MR) is 137 cm³/mol. The molecule has 0 radical (unpaired) electrons. The van der Waals surface area contributed by atoms with E-state index in [0.29, 0.717) is 18.4 Å². The molecule has 1 saturated carbocycles. The molecule has 0 spiro atoms. The third-order valence-electron chi connectivity index (χ3n) is 6.82. The third-order valence-corrected chi connectivity index (χ3v) is 7.76. The molecular weight excluding hydrogens is 571 g/mol. The SMILES string of the molecule is CCOC(=O)c1cc2c(c(OS(=O)(=O)C(F)(F)F)n1)N(C(C)=O)[C@@H](C1CC1)[C@H](C)C2NC(=O)OCc1ccccc1. The molecule has 41 heavy (non-hydrogen) atoms. The summed E-state index contributed by atoms with van der Waals surface area (Å²) in [4.78, 5) is 43.4. The summed E-state index contributed by atoms with van der Waals surface area (Å²) in [5, 5.41) is 2.68. The first kappa shape index (κ1) is 30.1. The van der Waals surface area contributed by atoms with Gasteiger partial charge < -0.3 is 23.9 Å². The molecule has 222 valence electrons. The van der Waals surface area contributed by atoms with Gasteiger partial charge in [-0.3, -0.25) is 4.79 Å². The van der Waals surface area contributed by atoms with Gasteiger partial charge in [0.1, 0.15) is 12.3 Å². The Morgan fingerprint density at radius 2 is 1.78 bits per heavy atom. The lowest BCUT2D eigenvalue weighted by Gasteiger charge is -2.45. The molecule has 1 fully saturated rings. The molecule has 1 N–H and O–H groups in total. The Balaban J connectivity index is 1.85. The van der Waals surface area contributed by atoms with E-state index in [1.807, 2.05) is 0 Å². The molecule has 3 atom stereocenters. The predicted octanol–water partition coefficient (Wildman–Crippen LogP) is 4.24. The summed E-state index contributed by atoms with van der Waals surface area (Å²) < 4.78 is 78.9. The molecule has 1 aromatic heterocycles. The molecular formula is C26H28F3N3O8S. The van der Waals surface area contributed by atoms with E-state index in [1.165, 1.54) is 6.92 Å². The minimum Gasteiger partial charge on any atom is -0.461 e. The first-order valence-electron chi connectivity index (χ1n) is 12.7. The molecule has 11 nitrogen and oxygen atoms in total. The van der Waals surface area contributed by atoms with Gasteiger partial charge >= 0.3 is 27.7 Å². The van der Waals surface area contributed by atoms with E-state index < -0.39 is 68.9 Å². The van der Waals surface area contributed by atoms with Crippen molar-refractivity contribution in [1.82, 2.24) is 10.3 Å². The first-order valence-corrected chi connectivity index (χ1v) is 14.2. The number of fused-ring (bicyclic) bond motifs is 1. The van der Waals surface area contributed by atoms with Crippen LogP contribution in [-0.4, -0.2) is 49.5 Å². The molecule has 1 aliphatic heterocycles. The van der Waals surface area contributed by atoms with Gasteiger partial charge in [-0.1, -0.05) is 37.3 Å². The van der Waals surface area contributed by atoms with Gasteiger partial charge in [0.15, 0.2) is 5.69 Å². The Kier molecular flexibility index (Phi) is 8.47. The number of benzene rings is 1. The van der Waals surface area contributed by atoms with Crippen molar-refractivity contribution in [3.05, 3.63) is 53.2 Å². The van der Waals surface area contributed by atoms with Gasteiger partial charge in [-0.25, -0.2) is 14.6 Å². The Bertz CT molecular complexity index is 1430. The Labute approximate surface area is 234 Å². The number of hydrogen-bond acceptors (Lipinski definition) is 9. The fourth-order valence-electron chi connectivity index (χ4n) is 4.94. The number of carbonyl (C=O) groups is 3. The van der Waals surface area contributed by atoms with Crippen molar-refractivity contribution in [3.63, 3.8) is 0 Å². The molecule has 1 aliphatic carbocycles. The molecule has 2 aliphatic rings. The monoisotopic (exact) mass is 599 g/mol. The number of halogens is 3. The third kappa shape index (κ3) is 6.39. The number of pyridine rings is 1. The number of anilines is 1. The highest BCUT2D eigenvalue weighted by Crippen LogP contribution is 2.52. The standard InChI is InChI=1S/C26H28F3N3O8S/c1-4-38-24(34)19-12-18-20(31-25(35)39-13-16-8-6-5-7-9-16)14(2)21(17-10-11-17)32(15(3)33)22(18)23(30-19)40-41(36,37)26(27,28)29/h5-9,12,14,17,20-21H,4,10-11,13H2,1-3H3,(H,31,35)/t14-,20?,21-/m1/s1. The molecule has 2 amide bonds. The van der Waals surface area contributed by atoms with E-state index in [0.717, 1.165) is 17.9 Å². The second kappa shape index (κ2) is 11.5. The summed E-state index contributed by atoms with van der Waals surface area (Å²) in [6, 6.07) is 8.21. The molecule has 2 heterocycles. The molecule has 2 aromatic rings. The summed E-state index contributed by atoms with van der Waals surface area (Å²) in [7, 11) is -6.27. The van der Waals surface area contributed by atoms with Crippen molar-refractivity contribution in [2.75, 3.05) is 11.5 Å². The molecule has 0 bridgehead atoms. The van der Waals surface area contributed by atoms with Crippen LogP contribution in [0.4, 0.5) is 23.7 Å². The highest BCUT2D eigenvalue weighted by atomic mass is 32.2. The number of aromatic nitrogens is 1. The number of esters is 1. The van der Waals surface area contributed by atoms with Crippen molar-refractivity contribution in [1.29, 1.82) is 0 Å². The van der Waals surface area contributed by atoms with Crippen LogP contribution in [0.1, 0.15) is 61.3 Å². The van der Waals surface area contributed by atoms with Crippen molar-refractivity contribution in [3.8, 4) is 5.88 Å². The minimum absolute atomic E-state index is 0.0633. The number of hydrogen-bond donors (Lipinski definition) is 1. The maximum Gasteiger partial charge on any atom is 0.534 e. The fourth-order valence-corrected chi connectivity index (χ4v) is 5.36. The topological polar surface area (TPSA) is 141 Å². The normalized spacial score (nSPS) is 20.5. The average molecular weight is 600 g/mol. The van der Waals surface area contributed by atoms with Crippen molar-refractivity contribution in [2.24, 2.45) is 11.8 Å². The molecule has 1 aromatic carbocycles. The Hall–Kier alpha value is -3.88. The highest BCUT2D eigenvalue weighted by molar-refractivity contribution is 7.88. The number of nitrogens with zero attached hydrogens (tertiary/aromatic N) is 2. The molecule has 1 unspecified atom stereocenters. The molecule has 4 rings (SSSR count).